The van der Waals surface area contributed by atoms with Crippen molar-refractivity contribution in [1.82, 2.24) is 30.8 Å². The molecule has 1 amide bonds. The van der Waals surface area contributed by atoms with Gasteiger partial charge in [-0.2, -0.15) is 4.68 Å². The summed E-state index contributed by atoms with van der Waals surface area (Å²) in [4.78, 5) is 11.1. The number of aromatic nitrogens is 4. The smallest absolute Gasteiger partial charge is 0.221 e. The lowest BCUT2D eigenvalue weighted by Crippen LogP contribution is -2.25. The second-order valence-electron chi connectivity index (χ2n) is 3.94. The summed E-state index contributed by atoms with van der Waals surface area (Å²) in [5.74, 6) is 0.721. The SMILES string of the molecule is CNC(=O)CCNCc1nnnn1-c1ccccc1. The number of hydrogen-bond donors (Lipinski definition) is 2. The van der Waals surface area contributed by atoms with Crippen molar-refractivity contribution < 1.29 is 4.79 Å². The summed E-state index contributed by atoms with van der Waals surface area (Å²) >= 11 is 0. The number of benzene rings is 1. The molecule has 100 valence electrons. The van der Waals surface area contributed by atoms with Crippen LogP contribution in [0, 0.1) is 0 Å². The Morgan fingerprint density at radius 2 is 2.11 bits per heavy atom. The Balaban J connectivity index is 1.92. The second-order valence-corrected chi connectivity index (χ2v) is 3.94. The molecule has 0 radical (unpaired) electrons. The van der Waals surface area contributed by atoms with E-state index >= 15 is 0 Å². The molecule has 0 unspecified atom stereocenters. The van der Waals surface area contributed by atoms with Crippen LogP contribution in [0.1, 0.15) is 12.2 Å². The lowest BCUT2D eigenvalue weighted by Gasteiger charge is -2.05. The summed E-state index contributed by atoms with van der Waals surface area (Å²) in [7, 11) is 1.62. The number of tetrazole rings is 1. The molecule has 1 heterocycles. The van der Waals surface area contributed by atoms with Crippen LogP contribution in [0.15, 0.2) is 30.3 Å². The first-order valence-electron chi connectivity index (χ1n) is 6.05. The van der Waals surface area contributed by atoms with Gasteiger partial charge in [-0.3, -0.25) is 4.79 Å². The third-order valence-electron chi connectivity index (χ3n) is 2.63. The highest BCUT2D eigenvalue weighted by Gasteiger charge is 2.07. The zero-order chi connectivity index (χ0) is 13.5. The van der Waals surface area contributed by atoms with E-state index in [2.05, 4.69) is 26.2 Å². The first kappa shape index (κ1) is 13.2. The summed E-state index contributed by atoms with van der Waals surface area (Å²) < 4.78 is 1.67. The minimum atomic E-state index is 0.00940. The van der Waals surface area contributed by atoms with E-state index in [-0.39, 0.29) is 5.91 Å². The Labute approximate surface area is 111 Å². The topological polar surface area (TPSA) is 84.7 Å². The molecular formula is C12H16N6O. The zero-order valence-electron chi connectivity index (χ0n) is 10.7. The largest absolute Gasteiger partial charge is 0.359 e. The molecule has 2 rings (SSSR count). The van der Waals surface area contributed by atoms with Gasteiger partial charge in [0.2, 0.25) is 5.91 Å². The first-order valence-corrected chi connectivity index (χ1v) is 6.05. The molecule has 0 saturated carbocycles. The summed E-state index contributed by atoms with van der Waals surface area (Å²) in [6.07, 6.45) is 0.434. The van der Waals surface area contributed by atoms with Crippen molar-refractivity contribution in [2.45, 2.75) is 13.0 Å². The van der Waals surface area contributed by atoms with E-state index in [1.807, 2.05) is 30.3 Å². The van der Waals surface area contributed by atoms with Crippen molar-refractivity contribution in [3.05, 3.63) is 36.2 Å². The Hall–Kier alpha value is -2.28. The number of para-hydroxylation sites is 1. The van der Waals surface area contributed by atoms with Gasteiger partial charge in [-0.05, 0) is 22.6 Å². The molecule has 0 aliphatic heterocycles. The highest BCUT2D eigenvalue weighted by molar-refractivity contribution is 5.75. The van der Waals surface area contributed by atoms with Crippen LogP contribution in [0.5, 0.6) is 0 Å². The van der Waals surface area contributed by atoms with Gasteiger partial charge in [0.25, 0.3) is 0 Å². The van der Waals surface area contributed by atoms with Crippen molar-refractivity contribution in [3.63, 3.8) is 0 Å². The number of nitrogens with zero attached hydrogens (tertiary/aromatic N) is 4. The molecule has 1 aromatic carbocycles. The van der Waals surface area contributed by atoms with Gasteiger partial charge < -0.3 is 10.6 Å². The maximum Gasteiger partial charge on any atom is 0.221 e. The number of carbonyl (C=O) groups is 1. The predicted molar refractivity (Wildman–Crippen MR) is 69.5 cm³/mol. The molecule has 1 aromatic heterocycles. The molecule has 0 aliphatic carbocycles. The van der Waals surface area contributed by atoms with Crippen LogP contribution in [-0.4, -0.2) is 39.7 Å². The van der Waals surface area contributed by atoms with Gasteiger partial charge in [0.05, 0.1) is 12.2 Å². The van der Waals surface area contributed by atoms with Gasteiger partial charge in [-0.25, -0.2) is 0 Å². The predicted octanol–water partition coefficient (Wildman–Crippen LogP) is -0.112. The highest BCUT2D eigenvalue weighted by atomic mass is 16.1. The van der Waals surface area contributed by atoms with Crippen LogP contribution in [0.2, 0.25) is 0 Å². The first-order chi connectivity index (χ1) is 9.31. The van der Waals surface area contributed by atoms with E-state index in [1.54, 1.807) is 11.7 Å². The average molecular weight is 260 g/mol. The van der Waals surface area contributed by atoms with Crippen LogP contribution in [0.3, 0.4) is 0 Å². The number of rotatable bonds is 6. The quantitative estimate of drug-likeness (QED) is 0.708. The third-order valence-corrected chi connectivity index (χ3v) is 2.63. The molecule has 7 nitrogen and oxygen atoms in total. The van der Waals surface area contributed by atoms with Gasteiger partial charge >= 0.3 is 0 Å². The molecule has 2 N–H and O–H groups in total. The Morgan fingerprint density at radius 1 is 1.32 bits per heavy atom. The minimum Gasteiger partial charge on any atom is -0.359 e. The maximum atomic E-state index is 11.1. The van der Waals surface area contributed by atoms with Crippen LogP contribution in [0.4, 0.5) is 0 Å². The maximum absolute atomic E-state index is 11.1. The standard InChI is InChI=1S/C12H16N6O/c1-13-12(19)7-8-14-9-11-15-16-17-18(11)10-5-3-2-4-6-10/h2-6,14H,7-9H2,1H3,(H,13,19). The van der Waals surface area contributed by atoms with Crippen LogP contribution >= 0.6 is 0 Å². The Bertz CT molecular complexity index is 524. The zero-order valence-corrected chi connectivity index (χ0v) is 10.7. The Morgan fingerprint density at radius 3 is 2.84 bits per heavy atom. The van der Waals surface area contributed by atoms with Crippen LogP contribution in [0.25, 0.3) is 5.69 Å². The van der Waals surface area contributed by atoms with E-state index < -0.39 is 0 Å². The molecule has 0 fully saturated rings. The molecule has 0 atom stereocenters. The molecular weight excluding hydrogens is 244 g/mol. The van der Waals surface area contributed by atoms with Crippen LogP contribution in [-0.2, 0) is 11.3 Å². The fraction of sp³-hybridized carbons (Fsp3) is 0.333. The Kier molecular flexibility index (Phi) is 4.57. The van der Waals surface area contributed by atoms with Gasteiger partial charge in [0.15, 0.2) is 5.82 Å². The van der Waals surface area contributed by atoms with Crippen molar-refractivity contribution in [3.8, 4) is 5.69 Å². The number of hydrogen-bond acceptors (Lipinski definition) is 5. The highest BCUT2D eigenvalue weighted by Crippen LogP contribution is 2.06. The van der Waals surface area contributed by atoms with Crippen molar-refractivity contribution >= 4 is 5.91 Å². The normalized spacial score (nSPS) is 10.4. The van der Waals surface area contributed by atoms with E-state index in [9.17, 15) is 4.79 Å². The summed E-state index contributed by atoms with van der Waals surface area (Å²) in [5, 5.41) is 17.3. The molecule has 2 aromatic rings. The average Bonchev–Trinajstić information content (AvgIpc) is 2.92. The van der Waals surface area contributed by atoms with Gasteiger partial charge in [0, 0.05) is 20.0 Å². The van der Waals surface area contributed by atoms with E-state index in [1.165, 1.54) is 0 Å². The fourth-order valence-corrected chi connectivity index (χ4v) is 1.61. The molecule has 19 heavy (non-hydrogen) atoms. The minimum absolute atomic E-state index is 0.00940. The number of carbonyl (C=O) groups excluding carboxylic acids is 1. The summed E-state index contributed by atoms with van der Waals surface area (Å²) in [6.45, 7) is 1.10. The monoisotopic (exact) mass is 260 g/mol. The van der Waals surface area contributed by atoms with Crippen molar-refractivity contribution in [1.29, 1.82) is 0 Å². The summed E-state index contributed by atoms with van der Waals surface area (Å²) in [5.41, 5.74) is 0.913. The lowest BCUT2D eigenvalue weighted by atomic mass is 10.3. The number of amides is 1. The van der Waals surface area contributed by atoms with Crippen LogP contribution < -0.4 is 10.6 Å². The molecule has 0 spiro atoms. The van der Waals surface area contributed by atoms with E-state index in [0.717, 1.165) is 5.69 Å². The fourth-order valence-electron chi connectivity index (χ4n) is 1.61. The van der Waals surface area contributed by atoms with Crippen molar-refractivity contribution in [2.24, 2.45) is 0 Å². The number of nitrogens with one attached hydrogen (secondary N) is 2. The second kappa shape index (κ2) is 6.60. The molecule has 0 saturated heterocycles. The van der Waals surface area contributed by atoms with Gasteiger partial charge in [-0.1, -0.05) is 18.2 Å². The van der Waals surface area contributed by atoms with E-state index in [4.69, 9.17) is 0 Å². The molecule has 7 heteroatoms. The van der Waals surface area contributed by atoms with Gasteiger partial charge in [0.1, 0.15) is 0 Å². The van der Waals surface area contributed by atoms with E-state index in [0.29, 0.717) is 25.3 Å². The lowest BCUT2D eigenvalue weighted by molar-refractivity contribution is -0.120. The van der Waals surface area contributed by atoms with Gasteiger partial charge in [-0.15, -0.1) is 5.10 Å². The summed E-state index contributed by atoms with van der Waals surface area (Å²) in [6, 6.07) is 9.67. The van der Waals surface area contributed by atoms with Crippen molar-refractivity contribution in [2.75, 3.05) is 13.6 Å². The molecule has 0 bridgehead atoms. The molecule has 0 aliphatic rings. The third kappa shape index (κ3) is 3.59.